The number of hydrogen-bond donors (Lipinski definition) is 1. The molecule has 0 saturated heterocycles. The molecule has 116 valence electrons. The van der Waals surface area contributed by atoms with Crippen LogP contribution in [-0.4, -0.2) is 43.3 Å². The van der Waals surface area contributed by atoms with E-state index in [1.807, 2.05) is 30.3 Å². The minimum Gasteiger partial charge on any atom is -0.445 e. The lowest BCUT2D eigenvalue weighted by Gasteiger charge is -2.32. The van der Waals surface area contributed by atoms with E-state index in [0.29, 0.717) is 31.9 Å². The molecule has 1 saturated carbocycles. The van der Waals surface area contributed by atoms with E-state index in [4.69, 9.17) is 15.2 Å². The van der Waals surface area contributed by atoms with Gasteiger partial charge < -0.3 is 20.1 Å². The van der Waals surface area contributed by atoms with Crippen molar-refractivity contribution in [3.63, 3.8) is 0 Å². The van der Waals surface area contributed by atoms with Crippen LogP contribution in [0.2, 0.25) is 0 Å². The molecule has 1 aliphatic carbocycles. The smallest absolute Gasteiger partial charge is 0.409 e. The molecule has 5 heteroatoms. The van der Waals surface area contributed by atoms with Crippen LogP contribution >= 0.6 is 0 Å². The van der Waals surface area contributed by atoms with E-state index in [1.165, 1.54) is 0 Å². The maximum atomic E-state index is 11.8. The minimum absolute atomic E-state index is 0.301. The summed E-state index contributed by atoms with van der Waals surface area (Å²) in [6.07, 6.45) is 2.73. The number of benzene rings is 1. The van der Waals surface area contributed by atoms with Gasteiger partial charge in [0.2, 0.25) is 0 Å². The van der Waals surface area contributed by atoms with Crippen LogP contribution in [-0.2, 0) is 16.1 Å². The molecule has 1 aromatic carbocycles. The molecule has 1 fully saturated rings. The van der Waals surface area contributed by atoms with E-state index in [0.717, 1.165) is 24.8 Å². The Morgan fingerprint density at radius 3 is 2.71 bits per heavy atom. The number of carbonyl (C=O) groups excluding carboxylic acids is 1. The van der Waals surface area contributed by atoms with E-state index >= 15 is 0 Å². The molecular formula is C16H24N2O3. The van der Waals surface area contributed by atoms with E-state index in [-0.39, 0.29) is 6.09 Å². The molecule has 0 bridgehead atoms. The number of carbonyl (C=O) groups is 1. The summed E-state index contributed by atoms with van der Waals surface area (Å²) in [4.78, 5) is 13.4. The number of amides is 1. The Morgan fingerprint density at radius 1 is 1.33 bits per heavy atom. The van der Waals surface area contributed by atoms with Gasteiger partial charge >= 0.3 is 6.09 Å². The van der Waals surface area contributed by atoms with Crippen molar-refractivity contribution < 1.29 is 14.3 Å². The van der Waals surface area contributed by atoms with Crippen molar-refractivity contribution in [2.45, 2.75) is 38.0 Å². The fourth-order valence-corrected chi connectivity index (χ4v) is 2.21. The predicted molar refractivity (Wildman–Crippen MR) is 80.8 cm³/mol. The van der Waals surface area contributed by atoms with Crippen LogP contribution in [0.4, 0.5) is 4.79 Å². The van der Waals surface area contributed by atoms with Gasteiger partial charge in [0.15, 0.2) is 0 Å². The van der Waals surface area contributed by atoms with Gasteiger partial charge in [-0.15, -0.1) is 0 Å². The highest BCUT2D eigenvalue weighted by Gasteiger charge is 2.26. The van der Waals surface area contributed by atoms with Crippen LogP contribution in [0, 0.1) is 0 Å². The number of nitrogens with zero attached hydrogens (tertiary/aromatic N) is 1. The molecule has 0 aromatic heterocycles. The molecule has 2 N–H and O–H groups in total. The summed E-state index contributed by atoms with van der Waals surface area (Å²) in [5, 5.41) is 0. The zero-order chi connectivity index (χ0) is 15.1. The van der Waals surface area contributed by atoms with E-state index in [1.54, 1.807) is 11.9 Å². The number of ether oxygens (including phenoxy) is 2. The van der Waals surface area contributed by atoms with Crippen molar-refractivity contribution in [1.29, 1.82) is 0 Å². The van der Waals surface area contributed by atoms with Crippen LogP contribution in [0.1, 0.15) is 24.8 Å². The van der Waals surface area contributed by atoms with Gasteiger partial charge in [0, 0.05) is 26.2 Å². The molecule has 1 aliphatic rings. The average molecular weight is 292 g/mol. The quantitative estimate of drug-likeness (QED) is 0.782. The molecule has 1 amide bonds. The Kier molecular flexibility index (Phi) is 6.02. The maximum Gasteiger partial charge on any atom is 0.409 e. The van der Waals surface area contributed by atoms with Crippen LogP contribution < -0.4 is 5.73 Å². The predicted octanol–water partition coefficient (Wildman–Crippen LogP) is 2.15. The summed E-state index contributed by atoms with van der Waals surface area (Å²) in [6, 6.07) is 9.97. The third-order valence-electron chi connectivity index (χ3n) is 3.64. The van der Waals surface area contributed by atoms with Crippen molar-refractivity contribution in [3.8, 4) is 0 Å². The second-order valence-electron chi connectivity index (χ2n) is 5.54. The first-order valence-corrected chi connectivity index (χ1v) is 7.44. The molecule has 21 heavy (non-hydrogen) atoms. The molecule has 0 heterocycles. The number of rotatable bonds is 7. The zero-order valence-corrected chi connectivity index (χ0v) is 12.5. The molecule has 0 atom stereocenters. The van der Waals surface area contributed by atoms with Gasteiger partial charge in [-0.25, -0.2) is 4.79 Å². The molecule has 0 radical (unpaired) electrons. The minimum atomic E-state index is -0.301. The van der Waals surface area contributed by atoms with E-state index < -0.39 is 0 Å². The van der Waals surface area contributed by atoms with Gasteiger partial charge in [0.05, 0.1) is 6.10 Å². The summed E-state index contributed by atoms with van der Waals surface area (Å²) in [5.74, 6) is 0. The molecule has 0 spiro atoms. The third-order valence-corrected chi connectivity index (χ3v) is 3.64. The number of nitrogens with two attached hydrogens (primary N) is 1. The van der Waals surface area contributed by atoms with Gasteiger partial charge in [-0.3, -0.25) is 0 Å². The van der Waals surface area contributed by atoms with Gasteiger partial charge in [-0.05, 0) is 24.8 Å². The summed E-state index contributed by atoms with van der Waals surface area (Å²) >= 11 is 0. The van der Waals surface area contributed by atoms with Crippen molar-refractivity contribution in [2.24, 2.45) is 5.73 Å². The maximum absolute atomic E-state index is 11.8. The summed E-state index contributed by atoms with van der Waals surface area (Å²) in [6.45, 7) is 1.60. The van der Waals surface area contributed by atoms with Gasteiger partial charge in [0.25, 0.3) is 0 Å². The fourth-order valence-electron chi connectivity index (χ4n) is 2.21. The van der Waals surface area contributed by atoms with E-state index in [9.17, 15) is 4.79 Å². The molecule has 1 aromatic rings. The van der Waals surface area contributed by atoms with Crippen LogP contribution in [0.3, 0.4) is 0 Å². The van der Waals surface area contributed by atoms with Gasteiger partial charge in [-0.1, -0.05) is 30.3 Å². The highest BCUT2D eigenvalue weighted by atomic mass is 16.6. The second-order valence-corrected chi connectivity index (χ2v) is 5.54. The van der Waals surface area contributed by atoms with Crippen LogP contribution in [0.25, 0.3) is 0 Å². The molecule has 0 unspecified atom stereocenters. The topological polar surface area (TPSA) is 64.8 Å². The molecule has 5 nitrogen and oxygen atoms in total. The van der Waals surface area contributed by atoms with Crippen molar-refractivity contribution >= 4 is 6.09 Å². The Labute approximate surface area is 126 Å². The summed E-state index contributed by atoms with van der Waals surface area (Å²) in [5.41, 5.74) is 6.68. The second kappa shape index (κ2) is 8.00. The first kappa shape index (κ1) is 15.8. The SMILES string of the molecule is CN(CCCO[C@H]1C[C@H](N)C1)C(=O)OCc1ccccc1. The Bertz CT molecular complexity index is 432. The Hall–Kier alpha value is -1.59. The average Bonchev–Trinajstić information content (AvgIpc) is 2.47. The Morgan fingerprint density at radius 2 is 2.05 bits per heavy atom. The first-order valence-electron chi connectivity index (χ1n) is 7.44. The highest BCUT2D eigenvalue weighted by molar-refractivity contribution is 5.67. The largest absolute Gasteiger partial charge is 0.445 e. The summed E-state index contributed by atoms with van der Waals surface area (Å²) < 4.78 is 10.9. The molecular weight excluding hydrogens is 268 g/mol. The monoisotopic (exact) mass is 292 g/mol. The van der Waals surface area contributed by atoms with E-state index in [2.05, 4.69) is 0 Å². The van der Waals surface area contributed by atoms with Crippen molar-refractivity contribution in [3.05, 3.63) is 35.9 Å². The number of hydrogen-bond acceptors (Lipinski definition) is 4. The lowest BCUT2D eigenvalue weighted by Crippen LogP contribution is -2.42. The first-order chi connectivity index (χ1) is 10.1. The third kappa shape index (κ3) is 5.36. The zero-order valence-electron chi connectivity index (χ0n) is 12.5. The van der Waals surface area contributed by atoms with Crippen molar-refractivity contribution in [2.75, 3.05) is 20.2 Å². The van der Waals surface area contributed by atoms with Crippen LogP contribution in [0.15, 0.2) is 30.3 Å². The Balaban J connectivity index is 1.55. The van der Waals surface area contributed by atoms with Crippen LogP contribution in [0.5, 0.6) is 0 Å². The fraction of sp³-hybridized carbons (Fsp3) is 0.562. The molecule has 2 rings (SSSR count). The lowest BCUT2D eigenvalue weighted by molar-refractivity contribution is -0.0112. The lowest BCUT2D eigenvalue weighted by atomic mass is 9.90. The highest BCUT2D eigenvalue weighted by Crippen LogP contribution is 2.21. The summed E-state index contributed by atoms with van der Waals surface area (Å²) in [7, 11) is 1.74. The molecule has 0 aliphatic heterocycles. The van der Waals surface area contributed by atoms with Crippen molar-refractivity contribution in [1.82, 2.24) is 4.90 Å². The van der Waals surface area contributed by atoms with Gasteiger partial charge in [-0.2, -0.15) is 0 Å². The standard InChI is InChI=1S/C16H24N2O3/c1-18(8-5-9-20-15-10-14(17)11-15)16(19)21-12-13-6-3-2-4-7-13/h2-4,6-7,14-15H,5,8-12,17H2,1H3/t14-,15-. The normalized spacial score (nSPS) is 20.7. The van der Waals surface area contributed by atoms with Gasteiger partial charge in [0.1, 0.15) is 6.61 Å².